The summed E-state index contributed by atoms with van der Waals surface area (Å²) in [5.74, 6) is -0.262. The van der Waals surface area contributed by atoms with E-state index in [2.05, 4.69) is 31.6 Å². The van der Waals surface area contributed by atoms with E-state index < -0.39 is 0 Å². The number of nitrogens with one attached hydrogen (secondary N) is 1. The molecule has 4 rings (SSSR count). The van der Waals surface area contributed by atoms with Crippen molar-refractivity contribution in [1.29, 1.82) is 0 Å². The molecular formula is C25H22BrCl2N5O2S. The average molecular weight is 607 g/mol. The van der Waals surface area contributed by atoms with E-state index in [1.165, 1.54) is 6.92 Å². The summed E-state index contributed by atoms with van der Waals surface area (Å²) in [6.45, 7) is 2.98. The average Bonchev–Trinajstić information content (AvgIpc) is 3.48. The lowest BCUT2D eigenvalue weighted by Gasteiger charge is -2.23. The monoisotopic (exact) mass is 605 g/mol. The fourth-order valence-corrected chi connectivity index (χ4v) is 5.55. The van der Waals surface area contributed by atoms with Gasteiger partial charge in [0.05, 0.1) is 33.1 Å². The predicted molar refractivity (Wildman–Crippen MR) is 146 cm³/mol. The highest BCUT2D eigenvalue weighted by molar-refractivity contribution is 9.11. The molecule has 2 amide bonds. The van der Waals surface area contributed by atoms with Crippen molar-refractivity contribution in [2.45, 2.75) is 20.0 Å². The minimum atomic E-state index is -0.136. The first-order valence-corrected chi connectivity index (χ1v) is 13.4. The van der Waals surface area contributed by atoms with Gasteiger partial charge in [0.25, 0.3) is 5.91 Å². The number of nitrogens with zero attached hydrogens (tertiary/aromatic N) is 4. The number of benzene rings is 2. The third-order valence-electron chi connectivity index (χ3n) is 5.36. The Kier molecular flexibility index (Phi) is 8.79. The lowest BCUT2D eigenvalue weighted by atomic mass is 10.1. The second kappa shape index (κ2) is 12.0. The third kappa shape index (κ3) is 6.53. The molecule has 2 aromatic heterocycles. The van der Waals surface area contributed by atoms with Gasteiger partial charge in [0, 0.05) is 36.0 Å². The maximum absolute atomic E-state index is 13.7. The number of aromatic nitrogens is 3. The molecule has 0 aliphatic carbocycles. The third-order valence-corrected chi connectivity index (χ3v) is 7.79. The largest absolute Gasteiger partial charge is 0.355 e. The molecule has 0 radical (unpaired) electrons. The number of hydrogen-bond donors (Lipinski definition) is 1. The SMILES string of the molecule is CC(=O)NCCN(Cc1ccc(Br)s1)C(=O)c1ccccc1Cn1cc(-c2cccc(Cl)c2Cl)nn1. The Morgan fingerprint density at radius 1 is 1.11 bits per heavy atom. The molecule has 0 bridgehead atoms. The van der Waals surface area contributed by atoms with Crippen LogP contribution >= 0.6 is 50.5 Å². The summed E-state index contributed by atoms with van der Waals surface area (Å²) >= 11 is 17.5. The second-order valence-corrected chi connectivity index (χ2v) is 11.3. The summed E-state index contributed by atoms with van der Waals surface area (Å²) in [5, 5.41) is 12.1. The van der Waals surface area contributed by atoms with Gasteiger partial charge in [-0.3, -0.25) is 9.59 Å². The van der Waals surface area contributed by atoms with Gasteiger partial charge in [-0.2, -0.15) is 0 Å². The van der Waals surface area contributed by atoms with Gasteiger partial charge in [-0.25, -0.2) is 4.68 Å². The number of carbonyl (C=O) groups is 2. The highest BCUT2D eigenvalue weighted by Crippen LogP contribution is 2.32. The number of rotatable bonds is 9. The van der Waals surface area contributed by atoms with Crippen LogP contribution in [0.5, 0.6) is 0 Å². The molecule has 1 N–H and O–H groups in total. The molecule has 0 unspecified atom stereocenters. The molecule has 0 saturated heterocycles. The summed E-state index contributed by atoms with van der Waals surface area (Å²) in [4.78, 5) is 27.8. The second-order valence-electron chi connectivity index (χ2n) is 7.98. The van der Waals surface area contributed by atoms with Crippen molar-refractivity contribution in [2.75, 3.05) is 13.1 Å². The number of thiophene rings is 1. The van der Waals surface area contributed by atoms with Gasteiger partial charge in [0.1, 0.15) is 5.69 Å². The first kappa shape index (κ1) is 26.3. The number of hydrogen-bond acceptors (Lipinski definition) is 5. The zero-order valence-corrected chi connectivity index (χ0v) is 23.2. The van der Waals surface area contributed by atoms with Gasteiger partial charge in [-0.05, 0) is 45.8 Å². The Morgan fingerprint density at radius 2 is 1.92 bits per heavy atom. The van der Waals surface area contributed by atoms with Crippen LogP contribution in [-0.2, 0) is 17.9 Å². The Labute approximate surface area is 231 Å². The minimum Gasteiger partial charge on any atom is -0.355 e. The zero-order valence-electron chi connectivity index (χ0n) is 19.2. The molecule has 0 aliphatic heterocycles. The Morgan fingerprint density at radius 3 is 2.67 bits per heavy atom. The van der Waals surface area contributed by atoms with E-state index >= 15 is 0 Å². The van der Waals surface area contributed by atoms with Gasteiger partial charge in [-0.1, -0.05) is 58.7 Å². The molecule has 4 aromatic rings. The topological polar surface area (TPSA) is 80.1 Å². The van der Waals surface area contributed by atoms with Gasteiger partial charge >= 0.3 is 0 Å². The van der Waals surface area contributed by atoms with Crippen LogP contribution in [0.25, 0.3) is 11.3 Å². The van der Waals surface area contributed by atoms with Gasteiger partial charge in [0.2, 0.25) is 5.91 Å². The summed E-state index contributed by atoms with van der Waals surface area (Å²) in [7, 11) is 0. The highest BCUT2D eigenvalue weighted by atomic mass is 79.9. The Bertz CT molecular complexity index is 1390. The van der Waals surface area contributed by atoms with Crippen LogP contribution < -0.4 is 5.32 Å². The van der Waals surface area contributed by atoms with E-state index in [0.717, 1.165) is 14.2 Å². The normalized spacial score (nSPS) is 10.9. The quantitative estimate of drug-likeness (QED) is 0.257. The number of carbonyl (C=O) groups excluding carboxylic acids is 2. The smallest absolute Gasteiger partial charge is 0.254 e. The van der Waals surface area contributed by atoms with E-state index in [9.17, 15) is 9.59 Å². The van der Waals surface area contributed by atoms with Crippen molar-refractivity contribution in [3.05, 3.63) is 90.6 Å². The molecule has 0 saturated carbocycles. The van der Waals surface area contributed by atoms with Crippen LogP contribution in [0.3, 0.4) is 0 Å². The highest BCUT2D eigenvalue weighted by Gasteiger charge is 2.20. The fourth-order valence-electron chi connectivity index (χ4n) is 3.66. The fraction of sp³-hybridized carbons (Fsp3) is 0.200. The molecule has 36 heavy (non-hydrogen) atoms. The van der Waals surface area contributed by atoms with Crippen molar-refractivity contribution >= 4 is 62.3 Å². The van der Waals surface area contributed by atoms with Gasteiger partial charge in [-0.15, -0.1) is 16.4 Å². The lowest BCUT2D eigenvalue weighted by Crippen LogP contribution is -2.38. The predicted octanol–water partition coefficient (Wildman–Crippen LogP) is 5.90. The lowest BCUT2D eigenvalue weighted by molar-refractivity contribution is -0.119. The Balaban J connectivity index is 1.57. The van der Waals surface area contributed by atoms with E-state index in [4.69, 9.17) is 23.2 Å². The summed E-state index contributed by atoms with van der Waals surface area (Å²) in [5.41, 5.74) is 2.64. The summed E-state index contributed by atoms with van der Waals surface area (Å²) in [6, 6.07) is 16.7. The van der Waals surface area contributed by atoms with Crippen LogP contribution in [0.4, 0.5) is 0 Å². The van der Waals surface area contributed by atoms with E-state index in [1.807, 2.05) is 36.4 Å². The molecule has 2 aromatic carbocycles. The molecule has 186 valence electrons. The Hall–Kier alpha value is -2.72. The maximum Gasteiger partial charge on any atom is 0.254 e. The first-order chi connectivity index (χ1) is 17.3. The first-order valence-electron chi connectivity index (χ1n) is 11.0. The number of halogens is 3. The number of amides is 2. The molecule has 0 aliphatic rings. The van der Waals surface area contributed by atoms with Crippen LogP contribution in [0, 0.1) is 0 Å². The van der Waals surface area contributed by atoms with Crippen LogP contribution in [0.15, 0.2) is 64.6 Å². The van der Waals surface area contributed by atoms with E-state index in [-0.39, 0.29) is 11.8 Å². The maximum atomic E-state index is 13.7. The molecule has 7 nitrogen and oxygen atoms in total. The van der Waals surface area contributed by atoms with Crippen LogP contribution in [0.1, 0.15) is 27.7 Å². The molecule has 0 atom stereocenters. The van der Waals surface area contributed by atoms with Crippen molar-refractivity contribution in [2.24, 2.45) is 0 Å². The zero-order chi connectivity index (χ0) is 25.7. The standard InChI is InChI=1S/C25H22BrCl2N5O2S/c1-16(34)29-11-12-32(14-18-9-10-23(26)36-18)25(35)19-6-3-2-5-17(19)13-33-15-22(30-31-33)20-7-4-8-21(27)24(20)28/h2-10,15H,11-14H2,1H3,(H,29,34). The van der Waals surface area contributed by atoms with Gasteiger partial charge in [0.15, 0.2) is 0 Å². The summed E-state index contributed by atoms with van der Waals surface area (Å²) < 4.78 is 2.66. The summed E-state index contributed by atoms with van der Waals surface area (Å²) in [6.07, 6.45) is 1.77. The molecule has 0 fully saturated rings. The van der Waals surface area contributed by atoms with E-state index in [1.54, 1.807) is 45.3 Å². The van der Waals surface area contributed by atoms with Crippen molar-refractivity contribution in [3.8, 4) is 11.3 Å². The van der Waals surface area contributed by atoms with E-state index in [0.29, 0.717) is 53.0 Å². The minimum absolute atomic E-state index is 0.126. The van der Waals surface area contributed by atoms with Crippen molar-refractivity contribution in [1.82, 2.24) is 25.2 Å². The van der Waals surface area contributed by atoms with Crippen LogP contribution in [0.2, 0.25) is 10.0 Å². The molecule has 11 heteroatoms. The van der Waals surface area contributed by atoms with Gasteiger partial charge < -0.3 is 10.2 Å². The van der Waals surface area contributed by atoms with Crippen molar-refractivity contribution < 1.29 is 9.59 Å². The molecule has 0 spiro atoms. The molecule has 2 heterocycles. The van der Waals surface area contributed by atoms with Crippen LogP contribution in [-0.4, -0.2) is 44.8 Å². The molecular weight excluding hydrogens is 585 g/mol. The van der Waals surface area contributed by atoms with Crippen molar-refractivity contribution in [3.63, 3.8) is 0 Å².